The largest absolute Gasteiger partial charge is 0.478 e. The zero-order valence-corrected chi connectivity index (χ0v) is 14.4. The smallest absolute Gasteiger partial charge is 0.328 e. The summed E-state index contributed by atoms with van der Waals surface area (Å²) in [7, 11) is 0. The van der Waals surface area contributed by atoms with E-state index in [-0.39, 0.29) is 6.42 Å². The number of amides is 2. The Hall–Kier alpha value is -3.81. The van der Waals surface area contributed by atoms with Crippen molar-refractivity contribution in [3.63, 3.8) is 0 Å². The molecule has 28 heavy (non-hydrogen) atoms. The molecule has 2 N–H and O–H groups in total. The van der Waals surface area contributed by atoms with Crippen molar-refractivity contribution in [2.75, 3.05) is 5.32 Å². The monoisotopic (exact) mass is 379 g/mol. The van der Waals surface area contributed by atoms with Gasteiger partial charge in [0.1, 0.15) is 5.82 Å². The number of benzene rings is 2. The van der Waals surface area contributed by atoms with Crippen molar-refractivity contribution in [3.05, 3.63) is 77.6 Å². The van der Waals surface area contributed by atoms with Gasteiger partial charge in [0.2, 0.25) is 0 Å². The fourth-order valence-corrected chi connectivity index (χ4v) is 3.50. The normalized spacial score (nSPS) is 20.4. The van der Waals surface area contributed by atoms with Gasteiger partial charge in [-0.3, -0.25) is 9.59 Å². The van der Waals surface area contributed by atoms with Crippen LogP contribution in [0.25, 0.3) is 0 Å². The number of nitrogens with one attached hydrogen (secondary N) is 1. The molecule has 2 aromatic rings. The number of hydrazone groups is 1. The van der Waals surface area contributed by atoms with Crippen LogP contribution in [0.2, 0.25) is 0 Å². The predicted molar refractivity (Wildman–Crippen MR) is 97.9 cm³/mol. The molecule has 4 rings (SSSR count). The number of carbonyl (C=O) groups is 3. The Morgan fingerprint density at radius 1 is 1.14 bits per heavy atom. The fraction of sp³-hybridized carbons (Fsp3) is 0.100. The Bertz CT molecular complexity index is 1060. The number of hydrogen-bond acceptors (Lipinski definition) is 4. The van der Waals surface area contributed by atoms with Gasteiger partial charge in [-0.1, -0.05) is 30.3 Å². The second-order valence-electron chi connectivity index (χ2n) is 6.41. The first-order valence-electron chi connectivity index (χ1n) is 8.41. The third-order valence-electron chi connectivity index (χ3n) is 4.76. The highest BCUT2D eigenvalue weighted by molar-refractivity contribution is 6.15. The molecule has 0 saturated heterocycles. The highest BCUT2D eigenvalue weighted by Crippen LogP contribution is 2.47. The maximum absolute atomic E-state index is 13.3. The molecule has 0 saturated carbocycles. The molecule has 2 aliphatic heterocycles. The highest BCUT2D eigenvalue weighted by atomic mass is 19.1. The Kier molecular flexibility index (Phi) is 4.03. The van der Waals surface area contributed by atoms with Crippen molar-refractivity contribution < 1.29 is 23.9 Å². The van der Waals surface area contributed by atoms with Crippen LogP contribution in [0.1, 0.15) is 17.5 Å². The average Bonchev–Trinajstić information content (AvgIpc) is 3.21. The van der Waals surface area contributed by atoms with E-state index < -0.39 is 29.1 Å². The zero-order valence-electron chi connectivity index (χ0n) is 14.4. The van der Waals surface area contributed by atoms with Crippen LogP contribution in [0.4, 0.5) is 10.1 Å². The summed E-state index contributed by atoms with van der Waals surface area (Å²) < 4.78 is 13.3. The highest BCUT2D eigenvalue weighted by Gasteiger charge is 2.57. The molecular formula is C20H14FN3O4. The topological polar surface area (TPSA) is 99.1 Å². The summed E-state index contributed by atoms with van der Waals surface area (Å²) in [5, 5.41) is 16.9. The van der Waals surface area contributed by atoms with E-state index in [1.165, 1.54) is 24.3 Å². The number of rotatable bonds is 3. The molecule has 140 valence electrons. The molecule has 2 aromatic carbocycles. The van der Waals surface area contributed by atoms with Crippen LogP contribution in [0.3, 0.4) is 0 Å². The molecule has 1 spiro atoms. The Labute approximate surface area is 158 Å². The number of carboxylic acid groups (broad SMARTS) is 1. The zero-order chi connectivity index (χ0) is 19.9. The molecule has 2 amide bonds. The molecule has 0 aliphatic carbocycles. The van der Waals surface area contributed by atoms with Crippen LogP contribution in [-0.2, 0) is 19.9 Å². The molecule has 2 heterocycles. The van der Waals surface area contributed by atoms with Crippen molar-refractivity contribution in [1.29, 1.82) is 0 Å². The summed E-state index contributed by atoms with van der Waals surface area (Å²) in [6.07, 6.45) is 1.63. The van der Waals surface area contributed by atoms with Crippen molar-refractivity contribution in [2.45, 2.75) is 12.0 Å². The number of nitrogens with zero attached hydrogens (tertiary/aromatic N) is 2. The fourth-order valence-electron chi connectivity index (χ4n) is 3.50. The van der Waals surface area contributed by atoms with Gasteiger partial charge in [0, 0.05) is 29.8 Å². The SMILES string of the molecule is O=C(O)C=CC(=O)N1N=C(c2ccc(F)cc2)CC12C(=O)Nc1ccccc12. The van der Waals surface area contributed by atoms with Crippen LogP contribution in [0.15, 0.2) is 65.8 Å². The molecule has 1 atom stereocenters. The van der Waals surface area contributed by atoms with Gasteiger partial charge in [0.15, 0.2) is 5.54 Å². The number of hydrogen-bond donors (Lipinski definition) is 2. The van der Waals surface area contributed by atoms with Gasteiger partial charge < -0.3 is 10.4 Å². The number of aliphatic carboxylic acids is 1. The van der Waals surface area contributed by atoms with Gasteiger partial charge in [-0.2, -0.15) is 5.10 Å². The first-order valence-corrected chi connectivity index (χ1v) is 8.41. The van der Waals surface area contributed by atoms with Crippen LogP contribution in [0.5, 0.6) is 0 Å². The maximum atomic E-state index is 13.3. The van der Waals surface area contributed by atoms with Crippen LogP contribution >= 0.6 is 0 Å². The predicted octanol–water partition coefficient (Wildman–Crippen LogP) is 2.25. The first-order chi connectivity index (χ1) is 13.4. The molecule has 0 bridgehead atoms. The van der Waals surface area contributed by atoms with Crippen LogP contribution < -0.4 is 5.32 Å². The van der Waals surface area contributed by atoms with E-state index in [9.17, 15) is 18.8 Å². The van der Waals surface area contributed by atoms with E-state index in [1.807, 2.05) is 0 Å². The summed E-state index contributed by atoms with van der Waals surface area (Å²) >= 11 is 0. The van der Waals surface area contributed by atoms with Gasteiger partial charge in [0.05, 0.1) is 5.71 Å². The van der Waals surface area contributed by atoms with E-state index in [0.717, 1.165) is 11.1 Å². The van der Waals surface area contributed by atoms with Gasteiger partial charge in [-0.05, 0) is 23.8 Å². The second-order valence-corrected chi connectivity index (χ2v) is 6.41. The third-order valence-corrected chi connectivity index (χ3v) is 4.76. The molecular weight excluding hydrogens is 365 g/mol. The Morgan fingerprint density at radius 2 is 1.86 bits per heavy atom. The average molecular weight is 379 g/mol. The molecule has 2 aliphatic rings. The molecule has 7 nitrogen and oxygen atoms in total. The number of halogens is 1. The minimum Gasteiger partial charge on any atom is -0.478 e. The molecule has 0 aromatic heterocycles. The number of carbonyl (C=O) groups excluding carboxylic acids is 2. The van der Waals surface area contributed by atoms with Gasteiger partial charge in [-0.15, -0.1) is 0 Å². The lowest BCUT2D eigenvalue weighted by Crippen LogP contribution is -2.48. The maximum Gasteiger partial charge on any atom is 0.328 e. The molecule has 0 fully saturated rings. The minimum atomic E-state index is -1.43. The van der Waals surface area contributed by atoms with E-state index in [0.29, 0.717) is 28.6 Å². The summed E-state index contributed by atoms with van der Waals surface area (Å²) in [4.78, 5) is 36.5. The number of carboxylic acids is 1. The minimum absolute atomic E-state index is 0.0775. The molecule has 8 heteroatoms. The van der Waals surface area contributed by atoms with E-state index in [2.05, 4.69) is 10.4 Å². The van der Waals surface area contributed by atoms with E-state index in [1.54, 1.807) is 24.3 Å². The standard InChI is InChI=1S/C20H14FN3O4/c21-13-7-5-12(6-8-13)16-11-20(24(23-16)17(25)9-10-18(26)27)14-3-1-2-4-15(14)22-19(20)28/h1-10H,11H2,(H,22,28)(H,26,27). The lowest BCUT2D eigenvalue weighted by molar-refractivity contribution is -0.140. The molecule has 0 radical (unpaired) electrons. The summed E-state index contributed by atoms with van der Waals surface area (Å²) in [5.41, 5.74) is 0.681. The Balaban J connectivity index is 1.84. The second kappa shape index (κ2) is 6.41. The van der Waals surface area contributed by atoms with Crippen molar-refractivity contribution in [2.24, 2.45) is 5.10 Å². The summed E-state index contributed by atoms with van der Waals surface area (Å²) in [6.45, 7) is 0. The number of fused-ring (bicyclic) bond motifs is 2. The van der Waals surface area contributed by atoms with Crippen LogP contribution in [-0.4, -0.2) is 33.6 Å². The van der Waals surface area contributed by atoms with Crippen molar-refractivity contribution in [1.82, 2.24) is 5.01 Å². The van der Waals surface area contributed by atoms with Gasteiger partial charge in [0.25, 0.3) is 11.8 Å². The third kappa shape index (κ3) is 2.66. The Morgan fingerprint density at radius 3 is 2.57 bits per heavy atom. The summed E-state index contributed by atoms with van der Waals surface area (Å²) in [6, 6.07) is 12.5. The van der Waals surface area contributed by atoms with Crippen molar-refractivity contribution in [3.8, 4) is 0 Å². The van der Waals surface area contributed by atoms with E-state index in [4.69, 9.17) is 5.11 Å². The van der Waals surface area contributed by atoms with Gasteiger partial charge >= 0.3 is 5.97 Å². The van der Waals surface area contributed by atoms with Gasteiger partial charge in [-0.25, -0.2) is 14.2 Å². The quantitative estimate of drug-likeness (QED) is 0.799. The first kappa shape index (κ1) is 17.6. The van der Waals surface area contributed by atoms with E-state index >= 15 is 0 Å². The summed E-state index contributed by atoms with van der Waals surface area (Å²) in [5.74, 6) is -2.89. The number of anilines is 1. The van der Waals surface area contributed by atoms with Crippen molar-refractivity contribution >= 4 is 29.2 Å². The molecule has 1 unspecified atom stereocenters. The lowest BCUT2D eigenvalue weighted by atomic mass is 9.85. The lowest BCUT2D eigenvalue weighted by Gasteiger charge is -2.29. The van der Waals surface area contributed by atoms with Crippen LogP contribution in [0, 0.1) is 5.82 Å². The number of para-hydroxylation sites is 1.